The predicted octanol–water partition coefficient (Wildman–Crippen LogP) is 6.51. The highest BCUT2D eigenvalue weighted by molar-refractivity contribution is 9.24. The molecule has 0 heterocycles. The van der Waals surface area contributed by atoms with Crippen molar-refractivity contribution in [2.45, 2.75) is 73.9 Å². The summed E-state index contributed by atoms with van der Waals surface area (Å²) < 4.78 is 49.1. The molecule has 0 saturated carbocycles. The Hall–Kier alpha value is 0.680. The van der Waals surface area contributed by atoms with Crippen LogP contribution in [0.3, 0.4) is 0 Å². The van der Waals surface area contributed by atoms with E-state index in [0.29, 0.717) is 10.2 Å². The minimum absolute atomic E-state index is 0.183. The van der Waals surface area contributed by atoms with E-state index in [4.69, 9.17) is 0 Å². The van der Waals surface area contributed by atoms with Crippen LogP contribution in [0.25, 0.3) is 0 Å². The molecule has 0 aromatic rings. The van der Waals surface area contributed by atoms with E-state index in [1.165, 1.54) is 0 Å². The van der Waals surface area contributed by atoms with Crippen LogP contribution in [0.4, 0.5) is 17.6 Å². The normalized spacial score (nSPS) is 12.7. The topological polar surface area (TPSA) is 0 Å². The van der Waals surface area contributed by atoms with E-state index in [9.17, 15) is 17.6 Å². The molecule has 0 nitrogen and oxygen atoms in total. The van der Waals surface area contributed by atoms with Gasteiger partial charge in [0.15, 0.2) is 0 Å². The molecule has 18 heavy (non-hydrogen) atoms. The lowest BCUT2D eigenvalue weighted by Gasteiger charge is -2.14. The van der Waals surface area contributed by atoms with E-state index in [1.807, 2.05) is 0 Å². The van der Waals surface area contributed by atoms with Crippen molar-refractivity contribution in [2.75, 3.05) is 0 Å². The minimum Gasteiger partial charge on any atom is -0.204 e. The quantitative estimate of drug-likeness (QED) is 0.211. The van der Waals surface area contributed by atoms with Gasteiger partial charge in [-0.2, -0.15) is 0 Å². The number of unbranched alkanes of at least 4 members (excludes halogenated alkanes) is 6. The molecule has 0 aromatic heterocycles. The second-order valence-electron chi connectivity index (χ2n) is 4.47. The summed E-state index contributed by atoms with van der Waals surface area (Å²) in [5.74, 6) is -3.80. The van der Waals surface area contributed by atoms with Gasteiger partial charge in [0.25, 0.3) is 0 Å². The predicted molar refractivity (Wildman–Crippen MR) is 74.1 cm³/mol. The van der Waals surface area contributed by atoms with Crippen molar-refractivity contribution in [3.05, 3.63) is 0 Å². The Labute approximate surface area is 123 Å². The van der Waals surface area contributed by atoms with Crippen LogP contribution in [0.15, 0.2) is 0 Å². The Bertz CT molecular complexity index is 199. The largest absolute Gasteiger partial charge is 0.307 e. The van der Waals surface area contributed by atoms with Gasteiger partial charge >= 0.3 is 12.3 Å². The van der Waals surface area contributed by atoms with Gasteiger partial charge in [0.2, 0.25) is 0 Å². The molecule has 0 atom stereocenters. The lowest BCUT2D eigenvalue weighted by atomic mass is 10.1. The molecule has 0 aromatic carbocycles. The molecule has 0 radical (unpaired) electrons. The maximum atomic E-state index is 12.5. The van der Waals surface area contributed by atoms with Crippen molar-refractivity contribution in [3.8, 4) is 0 Å². The average Bonchev–Trinajstić information content (AvgIpc) is 2.26. The summed E-state index contributed by atoms with van der Waals surface area (Å²) in [4.78, 5) is 0. The molecular formula is C12H20Br2F4. The molecule has 6 heteroatoms. The molecule has 0 N–H and O–H groups in total. The maximum Gasteiger partial charge on any atom is 0.307 e. The first kappa shape index (κ1) is 18.7. The Morgan fingerprint density at radius 3 is 1.67 bits per heavy atom. The third-order valence-electron chi connectivity index (χ3n) is 2.75. The molecule has 0 saturated heterocycles. The van der Waals surface area contributed by atoms with Crippen LogP contribution in [-0.2, 0) is 0 Å². The zero-order valence-corrected chi connectivity index (χ0v) is 13.5. The van der Waals surface area contributed by atoms with Gasteiger partial charge < -0.3 is 0 Å². The lowest BCUT2D eigenvalue weighted by molar-refractivity contribution is -0.133. The molecule has 0 rings (SSSR count). The van der Waals surface area contributed by atoms with Crippen LogP contribution < -0.4 is 0 Å². The van der Waals surface area contributed by atoms with Crippen LogP contribution in [-0.4, -0.2) is 16.1 Å². The molecule has 0 bridgehead atoms. The van der Waals surface area contributed by atoms with E-state index in [0.717, 1.165) is 38.5 Å². The number of rotatable bonds is 11. The Morgan fingerprint density at radius 1 is 0.778 bits per heavy atom. The Morgan fingerprint density at radius 2 is 1.22 bits per heavy atom. The van der Waals surface area contributed by atoms with E-state index in [2.05, 4.69) is 31.9 Å². The van der Waals surface area contributed by atoms with Crippen LogP contribution in [0, 0.1) is 0 Å². The number of halogens is 6. The van der Waals surface area contributed by atoms with Crippen molar-refractivity contribution in [2.24, 2.45) is 0 Å². The molecule has 0 spiro atoms. The van der Waals surface area contributed by atoms with Crippen LogP contribution >= 0.6 is 31.9 Å². The van der Waals surface area contributed by atoms with Crippen molar-refractivity contribution in [3.63, 3.8) is 0 Å². The monoisotopic (exact) mass is 398 g/mol. The fourth-order valence-corrected chi connectivity index (χ4v) is 2.30. The summed E-state index contributed by atoms with van der Waals surface area (Å²) >= 11 is 6.78. The molecule has 0 aliphatic rings. The van der Waals surface area contributed by atoms with E-state index in [-0.39, 0.29) is 6.42 Å². The molecule has 0 aliphatic heterocycles. The highest BCUT2D eigenvalue weighted by atomic mass is 79.9. The number of alkyl halides is 6. The second kappa shape index (κ2) is 10.5. The third kappa shape index (κ3) is 10.6. The summed E-state index contributed by atoms with van der Waals surface area (Å²) in [5.41, 5.74) is 0. The Kier molecular flexibility index (Phi) is 10.9. The van der Waals surface area contributed by atoms with Crippen molar-refractivity contribution < 1.29 is 17.6 Å². The molecule has 110 valence electrons. The van der Waals surface area contributed by atoms with E-state index >= 15 is 0 Å². The fraction of sp³-hybridized carbons (Fsp3) is 1.00. The van der Waals surface area contributed by atoms with Gasteiger partial charge in [0.1, 0.15) is 0 Å². The Balaban J connectivity index is 3.26. The highest BCUT2D eigenvalue weighted by Crippen LogP contribution is 2.29. The van der Waals surface area contributed by atoms with Crippen LogP contribution in [0.5, 0.6) is 0 Å². The third-order valence-corrected chi connectivity index (χ3v) is 3.67. The SMILES string of the molecule is FC(F)C(F)(F)CCCCCCCCCC(Br)Br. The standard InChI is InChI=1S/C12H20Br2F4/c13-10(14)8-6-4-2-1-3-5-7-9-12(17,18)11(15)16/h10-11H,1-9H2. The van der Waals surface area contributed by atoms with Crippen LogP contribution in [0.1, 0.15) is 57.8 Å². The maximum absolute atomic E-state index is 12.5. The summed E-state index contributed by atoms with van der Waals surface area (Å²) in [6.07, 6.45) is 2.83. The van der Waals surface area contributed by atoms with Gasteiger partial charge in [0.05, 0.1) is 3.74 Å². The smallest absolute Gasteiger partial charge is 0.204 e. The van der Waals surface area contributed by atoms with E-state index in [1.54, 1.807) is 0 Å². The fourth-order valence-electron chi connectivity index (χ4n) is 1.65. The summed E-state index contributed by atoms with van der Waals surface area (Å²) in [7, 11) is 0. The van der Waals surface area contributed by atoms with Crippen molar-refractivity contribution >= 4 is 31.9 Å². The van der Waals surface area contributed by atoms with Crippen molar-refractivity contribution in [1.29, 1.82) is 0 Å². The lowest BCUT2D eigenvalue weighted by Crippen LogP contribution is -2.25. The molecule has 0 aliphatic carbocycles. The van der Waals surface area contributed by atoms with Gasteiger partial charge in [-0.3, -0.25) is 0 Å². The molecule has 0 amide bonds. The second-order valence-corrected chi connectivity index (χ2v) is 7.91. The van der Waals surface area contributed by atoms with Gasteiger partial charge in [-0.05, 0) is 12.8 Å². The molecular weight excluding hydrogens is 380 g/mol. The highest BCUT2D eigenvalue weighted by Gasteiger charge is 2.39. The van der Waals surface area contributed by atoms with Crippen molar-refractivity contribution in [1.82, 2.24) is 0 Å². The minimum atomic E-state index is -3.80. The summed E-state index contributed by atoms with van der Waals surface area (Å²) in [6, 6.07) is 0. The first-order chi connectivity index (χ1) is 8.36. The number of hydrogen-bond donors (Lipinski definition) is 0. The van der Waals surface area contributed by atoms with E-state index < -0.39 is 18.8 Å². The summed E-state index contributed by atoms with van der Waals surface area (Å²) in [5, 5.41) is 0. The number of hydrogen-bond acceptors (Lipinski definition) is 0. The van der Waals surface area contributed by atoms with Gasteiger partial charge in [0, 0.05) is 6.42 Å². The molecule has 0 unspecified atom stereocenters. The molecule has 0 fully saturated rings. The van der Waals surface area contributed by atoms with Gasteiger partial charge in [-0.1, -0.05) is 70.4 Å². The van der Waals surface area contributed by atoms with Gasteiger partial charge in [-0.25, -0.2) is 17.6 Å². The van der Waals surface area contributed by atoms with Gasteiger partial charge in [-0.15, -0.1) is 0 Å². The van der Waals surface area contributed by atoms with Crippen LogP contribution in [0.2, 0.25) is 0 Å². The first-order valence-electron chi connectivity index (χ1n) is 6.30. The summed E-state index contributed by atoms with van der Waals surface area (Å²) in [6.45, 7) is 0. The zero-order valence-electron chi connectivity index (χ0n) is 10.3. The zero-order chi connectivity index (χ0) is 14.0. The first-order valence-corrected chi connectivity index (χ1v) is 8.13. The average molecular weight is 400 g/mol.